The van der Waals surface area contributed by atoms with Crippen LogP contribution in [0.25, 0.3) is 0 Å². The number of hydrogen-bond acceptors (Lipinski definition) is 7. The molecule has 0 saturated heterocycles. The Hall–Kier alpha value is -1.31. The third-order valence-electron chi connectivity index (χ3n) is 2.99. The van der Waals surface area contributed by atoms with E-state index >= 15 is 0 Å². The van der Waals surface area contributed by atoms with Gasteiger partial charge in [-0.1, -0.05) is 24.8 Å². The molecule has 0 fully saturated rings. The molecule has 1 aromatic heterocycles. The normalized spacial score (nSPS) is 12.2. The first-order valence-electron chi connectivity index (χ1n) is 6.60. The molecule has 1 unspecified atom stereocenters. The first-order valence-corrected chi connectivity index (χ1v) is 8.36. The minimum Gasteiger partial charge on any atom is -0.497 e. The zero-order valence-corrected chi connectivity index (χ0v) is 14.0. The minimum absolute atomic E-state index is 0.134. The molecule has 1 atom stereocenters. The average Bonchev–Trinajstić information content (AvgIpc) is 3.00. The van der Waals surface area contributed by atoms with Gasteiger partial charge in [0.2, 0.25) is 0 Å². The summed E-state index contributed by atoms with van der Waals surface area (Å²) in [6, 6.07) is 5.55. The molecule has 1 aromatic carbocycles. The summed E-state index contributed by atoms with van der Waals surface area (Å²) in [6.45, 7) is 2.05. The quantitative estimate of drug-likeness (QED) is 0.789. The van der Waals surface area contributed by atoms with E-state index in [2.05, 4.69) is 9.36 Å². The van der Waals surface area contributed by atoms with E-state index in [-0.39, 0.29) is 6.04 Å². The predicted octanol–water partition coefficient (Wildman–Crippen LogP) is 2.91. The van der Waals surface area contributed by atoms with Crippen molar-refractivity contribution in [1.82, 2.24) is 9.36 Å². The van der Waals surface area contributed by atoms with Crippen LogP contribution >= 0.6 is 23.3 Å². The molecule has 0 aliphatic carbocycles. The van der Waals surface area contributed by atoms with E-state index in [1.807, 2.05) is 25.1 Å². The number of aryl methyl sites for hydroxylation is 1. The van der Waals surface area contributed by atoms with E-state index in [1.165, 1.54) is 11.5 Å². The molecule has 0 aliphatic rings. The third-order valence-corrected chi connectivity index (χ3v) is 4.98. The zero-order chi connectivity index (χ0) is 15.2. The summed E-state index contributed by atoms with van der Waals surface area (Å²) in [7, 11) is 3.27. The number of nitrogens with zero attached hydrogens (tertiary/aromatic N) is 2. The highest BCUT2D eigenvalue weighted by molar-refractivity contribution is 8.00. The molecule has 0 amide bonds. The lowest BCUT2D eigenvalue weighted by Gasteiger charge is -2.15. The second kappa shape index (κ2) is 7.63. The Morgan fingerprint density at radius 1 is 1.33 bits per heavy atom. The summed E-state index contributed by atoms with van der Waals surface area (Å²) < 4.78 is 15.8. The number of aromatic nitrogens is 2. The van der Waals surface area contributed by atoms with Crippen LogP contribution in [0.15, 0.2) is 22.5 Å². The smallest absolute Gasteiger partial charge is 0.170 e. The Balaban J connectivity index is 2.04. The van der Waals surface area contributed by atoms with Gasteiger partial charge in [0, 0.05) is 29.8 Å². The number of ether oxygens (including phenoxy) is 2. The first-order chi connectivity index (χ1) is 10.2. The fourth-order valence-corrected chi connectivity index (χ4v) is 3.51. The van der Waals surface area contributed by atoms with Crippen LogP contribution in [0.5, 0.6) is 11.5 Å². The fourth-order valence-electron chi connectivity index (χ4n) is 1.82. The second-order valence-electron chi connectivity index (χ2n) is 4.36. The molecular formula is C14H19N3O2S2. The van der Waals surface area contributed by atoms with Gasteiger partial charge in [0.15, 0.2) is 4.34 Å². The monoisotopic (exact) mass is 325 g/mol. The third kappa shape index (κ3) is 4.09. The summed E-state index contributed by atoms with van der Waals surface area (Å²) in [5.74, 6) is 3.11. The number of methoxy groups -OCH3 is 2. The van der Waals surface area contributed by atoms with Crippen LogP contribution in [-0.2, 0) is 6.42 Å². The summed E-state index contributed by atoms with van der Waals surface area (Å²) in [4.78, 5) is 4.43. The number of rotatable bonds is 7. The molecule has 0 aliphatic heterocycles. The van der Waals surface area contributed by atoms with E-state index in [1.54, 1.807) is 26.0 Å². The maximum absolute atomic E-state index is 6.26. The lowest BCUT2D eigenvalue weighted by Crippen LogP contribution is -2.14. The van der Waals surface area contributed by atoms with Crippen LogP contribution in [0, 0.1) is 0 Å². The number of benzene rings is 1. The van der Waals surface area contributed by atoms with E-state index in [0.29, 0.717) is 0 Å². The van der Waals surface area contributed by atoms with Crippen molar-refractivity contribution in [3.05, 3.63) is 29.6 Å². The molecule has 0 bridgehead atoms. The largest absolute Gasteiger partial charge is 0.497 e. The molecule has 1 heterocycles. The Morgan fingerprint density at radius 3 is 2.76 bits per heavy atom. The molecule has 0 saturated carbocycles. The molecular weight excluding hydrogens is 306 g/mol. The maximum atomic E-state index is 6.26. The summed E-state index contributed by atoms with van der Waals surface area (Å²) >= 11 is 3.04. The van der Waals surface area contributed by atoms with Crippen LogP contribution in [0.4, 0.5) is 0 Å². The van der Waals surface area contributed by atoms with Gasteiger partial charge in [-0.25, -0.2) is 4.98 Å². The van der Waals surface area contributed by atoms with Crippen LogP contribution in [0.3, 0.4) is 0 Å². The van der Waals surface area contributed by atoms with Gasteiger partial charge >= 0.3 is 0 Å². The highest BCUT2D eigenvalue weighted by Crippen LogP contribution is 2.32. The van der Waals surface area contributed by atoms with Crippen molar-refractivity contribution >= 4 is 23.3 Å². The Morgan fingerprint density at radius 2 is 2.14 bits per heavy atom. The standard InChI is InChI=1S/C14H19N3O2S2/c1-4-13-16-14(21-17-13)20-8-11(15)10-6-5-9(18-2)7-12(10)19-3/h5-7,11H,4,8,15H2,1-3H3. The number of nitrogens with two attached hydrogens (primary N) is 1. The van der Waals surface area contributed by atoms with Crippen molar-refractivity contribution in [3.8, 4) is 11.5 Å². The van der Waals surface area contributed by atoms with Gasteiger partial charge < -0.3 is 15.2 Å². The van der Waals surface area contributed by atoms with E-state index in [4.69, 9.17) is 15.2 Å². The lowest BCUT2D eigenvalue weighted by atomic mass is 10.1. The molecule has 21 heavy (non-hydrogen) atoms. The predicted molar refractivity (Wildman–Crippen MR) is 86.5 cm³/mol. The van der Waals surface area contributed by atoms with Crippen molar-refractivity contribution < 1.29 is 9.47 Å². The van der Waals surface area contributed by atoms with Crippen molar-refractivity contribution in [2.75, 3.05) is 20.0 Å². The molecule has 0 spiro atoms. The Labute approximate surface area is 133 Å². The SMILES string of the molecule is CCc1nsc(SCC(N)c2ccc(OC)cc2OC)n1. The van der Waals surface area contributed by atoms with Gasteiger partial charge in [-0.05, 0) is 17.6 Å². The lowest BCUT2D eigenvalue weighted by molar-refractivity contribution is 0.389. The van der Waals surface area contributed by atoms with Gasteiger partial charge in [-0.15, -0.1) is 0 Å². The van der Waals surface area contributed by atoms with Gasteiger partial charge in [0.1, 0.15) is 17.3 Å². The van der Waals surface area contributed by atoms with Crippen LogP contribution < -0.4 is 15.2 Å². The van der Waals surface area contributed by atoms with Gasteiger partial charge in [-0.3, -0.25) is 0 Å². The van der Waals surface area contributed by atoms with Gasteiger partial charge in [0.25, 0.3) is 0 Å². The number of thioether (sulfide) groups is 1. The highest BCUT2D eigenvalue weighted by Gasteiger charge is 2.14. The van der Waals surface area contributed by atoms with E-state index in [0.717, 1.165) is 39.4 Å². The van der Waals surface area contributed by atoms with E-state index in [9.17, 15) is 0 Å². The van der Waals surface area contributed by atoms with Gasteiger partial charge in [0.05, 0.1) is 14.2 Å². The summed E-state index contributed by atoms with van der Waals surface area (Å²) in [6.07, 6.45) is 0.857. The van der Waals surface area contributed by atoms with Crippen LogP contribution in [0.1, 0.15) is 24.4 Å². The van der Waals surface area contributed by atoms with Crippen LogP contribution in [-0.4, -0.2) is 29.3 Å². The van der Waals surface area contributed by atoms with Crippen molar-refractivity contribution in [3.63, 3.8) is 0 Å². The molecule has 114 valence electrons. The van der Waals surface area contributed by atoms with Crippen molar-refractivity contribution in [2.24, 2.45) is 5.73 Å². The Kier molecular flexibility index (Phi) is 5.84. The topological polar surface area (TPSA) is 70.3 Å². The number of hydrogen-bond donors (Lipinski definition) is 1. The van der Waals surface area contributed by atoms with Gasteiger partial charge in [-0.2, -0.15) is 4.37 Å². The fraction of sp³-hybridized carbons (Fsp3) is 0.429. The zero-order valence-electron chi connectivity index (χ0n) is 12.3. The minimum atomic E-state index is -0.134. The first kappa shape index (κ1) is 16.1. The van der Waals surface area contributed by atoms with Crippen molar-refractivity contribution in [1.29, 1.82) is 0 Å². The molecule has 7 heteroatoms. The second-order valence-corrected chi connectivity index (χ2v) is 6.37. The molecule has 5 nitrogen and oxygen atoms in total. The molecule has 2 rings (SSSR count). The summed E-state index contributed by atoms with van der Waals surface area (Å²) in [5.41, 5.74) is 7.23. The molecule has 2 N–H and O–H groups in total. The highest BCUT2D eigenvalue weighted by atomic mass is 32.2. The van der Waals surface area contributed by atoms with Crippen molar-refractivity contribution in [2.45, 2.75) is 23.7 Å². The Bertz CT molecular complexity index is 589. The van der Waals surface area contributed by atoms with E-state index < -0.39 is 0 Å². The molecule has 2 aromatic rings. The van der Waals surface area contributed by atoms with Crippen LogP contribution in [0.2, 0.25) is 0 Å². The summed E-state index contributed by atoms with van der Waals surface area (Å²) in [5, 5.41) is 0. The molecule has 0 radical (unpaired) electrons. The average molecular weight is 325 g/mol. The maximum Gasteiger partial charge on any atom is 0.170 e.